The molecule has 0 aromatic carbocycles. The summed E-state index contributed by atoms with van der Waals surface area (Å²) in [6.45, 7) is 6.98. The van der Waals surface area contributed by atoms with Crippen LogP contribution in [0.25, 0.3) is 5.82 Å². The minimum absolute atomic E-state index is 0.653. The van der Waals surface area contributed by atoms with Crippen LogP contribution in [0.5, 0.6) is 0 Å². The topological polar surface area (TPSA) is 55.6 Å². The maximum Gasteiger partial charge on any atom is 0.224 e. The second-order valence-electron chi connectivity index (χ2n) is 4.09. The van der Waals surface area contributed by atoms with Crippen molar-refractivity contribution in [2.45, 2.75) is 27.2 Å². The minimum atomic E-state index is 0.653. The molecule has 0 aliphatic rings. The first-order valence-corrected chi connectivity index (χ1v) is 5.80. The van der Waals surface area contributed by atoms with Crippen LogP contribution in [-0.4, -0.2) is 26.3 Å². The SMILES string of the molecule is CCCNc1ncc(C)c(-n2cc(C)cn2)n1. The first kappa shape index (κ1) is 11.6. The van der Waals surface area contributed by atoms with Gasteiger partial charge in [-0.15, -0.1) is 0 Å². The molecular formula is C12H17N5. The highest BCUT2D eigenvalue weighted by Crippen LogP contribution is 2.12. The fourth-order valence-corrected chi connectivity index (χ4v) is 1.52. The highest BCUT2D eigenvalue weighted by Gasteiger charge is 2.06. The van der Waals surface area contributed by atoms with Crippen molar-refractivity contribution >= 4 is 5.95 Å². The van der Waals surface area contributed by atoms with Gasteiger partial charge >= 0.3 is 0 Å². The van der Waals surface area contributed by atoms with Crippen LogP contribution in [0.1, 0.15) is 24.5 Å². The summed E-state index contributed by atoms with van der Waals surface area (Å²) in [6.07, 6.45) is 6.64. The fourth-order valence-electron chi connectivity index (χ4n) is 1.52. The van der Waals surface area contributed by atoms with Crippen molar-refractivity contribution in [1.29, 1.82) is 0 Å². The van der Waals surface area contributed by atoms with Crippen LogP contribution < -0.4 is 5.32 Å². The van der Waals surface area contributed by atoms with E-state index in [1.165, 1.54) is 0 Å². The van der Waals surface area contributed by atoms with Gasteiger partial charge in [0.25, 0.3) is 0 Å². The second-order valence-corrected chi connectivity index (χ2v) is 4.09. The van der Waals surface area contributed by atoms with Crippen LogP contribution in [0, 0.1) is 13.8 Å². The van der Waals surface area contributed by atoms with Gasteiger partial charge in [-0.1, -0.05) is 6.92 Å². The predicted molar refractivity (Wildman–Crippen MR) is 67.4 cm³/mol. The Morgan fingerprint density at radius 3 is 2.76 bits per heavy atom. The largest absolute Gasteiger partial charge is 0.354 e. The third-order valence-corrected chi connectivity index (χ3v) is 2.41. The smallest absolute Gasteiger partial charge is 0.224 e. The molecule has 90 valence electrons. The number of rotatable bonds is 4. The monoisotopic (exact) mass is 231 g/mol. The Morgan fingerprint density at radius 1 is 1.29 bits per heavy atom. The summed E-state index contributed by atoms with van der Waals surface area (Å²) in [5.74, 6) is 1.48. The van der Waals surface area contributed by atoms with Crippen LogP contribution in [0.15, 0.2) is 18.6 Å². The summed E-state index contributed by atoms with van der Waals surface area (Å²) >= 11 is 0. The molecule has 2 rings (SSSR count). The van der Waals surface area contributed by atoms with Gasteiger partial charge in [0.15, 0.2) is 5.82 Å². The molecule has 0 unspecified atom stereocenters. The lowest BCUT2D eigenvalue weighted by Crippen LogP contribution is -2.08. The minimum Gasteiger partial charge on any atom is -0.354 e. The molecule has 0 aliphatic heterocycles. The molecule has 0 spiro atoms. The van der Waals surface area contributed by atoms with Gasteiger partial charge in [-0.2, -0.15) is 10.1 Å². The fraction of sp³-hybridized carbons (Fsp3) is 0.417. The highest BCUT2D eigenvalue weighted by atomic mass is 15.3. The van der Waals surface area contributed by atoms with E-state index in [-0.39, 0.29) is 0 Å². The first-order valence-electron chi connectivity index (χ1n) is 5.80. The van der Waals surface area contributed by atoms with Crippen LogP contribution in [0.4, 0.5) is 5.95 Å². The number of anilines is 1. The van der Waals surface area contributed by atoms with E-state index in [1.54, 1.807) is 4.68 Å². The third kappa shape index (κ3) is 2.61. The van der Waals surface area contributed by atoms with E-state index in [9.17, 15) is 0 Å². The molecular weight excluding hydrogens is 214 g/mol. The van der Waals surface area contributed by atoms with Crippen molar-refractivity contribution in [2.24, 2.45) is 0 Å². The summed E-state index contributed by atoms with van der Waals surface area (Å²) in [5, 5.41) is 7.44. The van der Waals surface area contributed by atoms with Gasteiger partial charge < -0.3 is 5.32 Å². The molecule has 5 nitrogen and oxygen atoms in total. The maximum absolute atomic E-state index is 4.47. The van der Waals surface area contributed by atoms with Crippen molar-refractivity contribution in [2.75, 3.05) is 11.9 Å². The molecule has 0 saturated heterocycles. The van der Waals surface area contributed by atoms with E-state index in [4.69, 9.17) is 0 Å². The number of nitrogens with one attached hydrogen (secondary N) is 1. The number of nitrogens with zero attached hydrogens (tertiary/aromatic N) is 4. The predicted octanol–water partition coefficient (Wildman–Crippen LogP) is 2.10. The van der Waals surface area contributed by atoms with Crippen LogP contribution in [0.2, 0.25) is 0 Å². The zero-order valence-electron chi connectivity index (χ0n) is 10.4. The van der Waals surface area contributed by atoms with Crippen molar-refractivity contribution < 1.29 is 0 Å². The number of aromatic nitrogens is 4. The van der Waals surface area contributed by atoms with E-state index in [0.29, 0.717) is 5.95 Å². The number of hydrogen-bond acceptors (Lipinski definition) is 4. The first-order chi connectivity index (χ1) is 8.20. The van der Waals surface area contributed by atoms with E-state index in [2.05, 4.69) is 27.3 Å². The van der Waals surface area contributed by atoms with Gasteiger partial charge in [-0.25, -0.2) is 9.67 Å². The summed E-state index contributed by atoms with van der Waals surface area (Å²) < 4.78 is 1.78. The Kier molecular flexibility index (Phi) is 3.37. The van der Waals surface area contributed by atoms with Gasteiger partial charge in [0.2, 0.25) is 5.95 Å². The molecule has 5 heteroatoms. The molecule has 0 atom stereocenters. The number of aryl methyl sites for hydroxylation is 2. The van der Waals surface area contributed by atoms with Gasteiger partial charge in [0.05, 0.1) is 6.20 Å². The Bertz CT molecular complexity index is 503. The molecule has 2 aromatic rings. The molecule has 2 heterocycles. The van der Waals surface area contributed by atoms with E-state index in [1.807, 2.05) is 32.4 Å². The zero-order chi connectivity index (χ0) is 12.3. The highest BCUT2D eigenvalue weighted by molar-refractivity contribution is 5.37. The quantitative estimate of drug-likeness (QED) is 0.875. The van der Waals surface area contributed by atoms with Crippen molar-refractivity contribution in [3.05, 3.63) is 29.7 Å². The van der Waals surface area contributed by atoms with Crippen molar-refractivity contribution in [1.82, 2.24) is 19.7 Å². The lowest BCUT2D eigenvalue weighted by molar-refractivity contribution is 0.826. The van der Waals surface area contributed by atoms with Crippen molar-refractivity contribution in [3.8, 4) is 5.82 Å². The number of hydrogen-bond donors (Lipinski definition) is 1. The Morgan fingerprint density at radius 2 is 2.12 bits per heavy atom. The molecule has 1 N–H and O–H groups in total. The normalized spacial score (nSPS) is 10.5. The lowest BCUT2D eigenvalue weighted by atomic mass is 10.3. The van der Waals surface area contributed by atoms with Crippen molar-refractivity contribution in [3.63, 3.8) is 0 Å². The van der Waals surface area contributed by atoms with Crippen LogP contribution in [0.3, 0.4) is 0 Å². The summed E-state index contributed by atoms with van der Waals surface area (Å²) in [7, 11) is 0. The molecule has 0 saturated carbocycles. The van der Waals surface area contributed by atoms with Crippen LogP contribution >= 0.6 is 0 Å². The average Bonchev–Trinajstić information content (AvgIpc) is 2.75. The molecule has 0 bridgehead atoms. The summed E-state index contributed by atoms with van der Waals surface area (Å²) in [5.41, 5.74) is 2.13. The standard InChI is InChI=1S/C12H17N5/c1-4-5-13-12-14-7-10(3)11(16-12)17-8-9(2)6-15-17/h6-8H,4-5H2,1-3H3,(H,13,14,16). The third-order valence-electron chi connectivity index (χ3n) is 2.41. The van der Waals surface area contributed by atoms with E-state index >= 15 is 0 Å². The van der Waals surface area contributed by atoms with Crippen LogP contribution in [-0.2, 0) is 0 Å². The molecule has 0 fully saturated rings. The lowest BCUT2D eigenvalue weighted by Gasteiger charge is -2.07. The Labute approximate surface area is 101 Å². The molecule has 0 amide bonds. The zero-order valence-corrected chi connectivity index (χ0v) is 10.4. The van der Waals surface area contributed by atoms with Gasteiger partial charge in [0.1, 0.15) is 0 Å². The molecule has 0 radical (unpaired) electrons. The van der Waals surface area contributed by atoms with Gasteiger partial charge in [-0.05, 0) is 25.8 Å². The second kappa shape index (κ2) is 4.95. The van der Waals surface area contributed by atoms with Gasteiger partial charge in [0, 0.05) is 24.5 Å². The Balaban J connectivity index is 2.32. The van der Waals surface area contributed by atoms with Gasteiger partial charge in [-0.3, -0.25) is 0 Å². The molecule has 17 heavy (non-hydrogen) atoms. The summed E-state index contributed by atoms with van der Waals surface area (Å²) in [6, 6.07) is 0. The van der Waals surface area contributed by atoms with E-state index < -0.39 is 0 Å². The Hall–Kier alpha value is -1.91. The molecule has 0 aliphatic carbocycles. The maximum atomic E-state index is 4.47. The van der Waals surface area contributed by atoms with E-state index in [0.717, 1.165) is 29.9 Å². The molecule has 2 aromatic heterocycles. The average molecular weight is 231 g/mol. The summed E-state index contributed by atoms with van der Waals surface area (Å²) in [4.78, 5) is 8.72.